The third kappa shape index (κ3) is 6.37. The van der Waals surface area contributed by atoms with Crippen LogP contribution in [0.3, 0.4) is 0 Å². The van der Waals surface area contributed by atoms with Gasteiger partial charge >= 0.3 is 17.9 Å². The molecule has 0 spiro atoms. The summed E-state index contributed by atoms with van der Waals surface area (Å²) in [4.78, 5) is 36.0. The van der Waals surface area contributed by atoms with E-state index in [1.165, 1.54) is 6.92 Å². The van der Waals surface area contributed by atoms with Crippen LogP contribution in [0.4, 0.5) is 0 Å². The van der Waals surface area contributed by atoms with Gasteiger partial charge in [0, 0.05) is 19.3 Å². The number of fused-ring (bicyclic) bond motifs is 1. The number of hydrogen-bond acceptors (Lipinski definition) is 7. The molecule has 2 fully saturated rings. The Morgan fingerprint density at radius 2 is 1.91 bits per heavy atom. The van der Waals surface area contributed by atoms with E-state index in [1.54, 1.807) is 0 Å². The van der Waals surface area contributed by atoms with Crippen LogP contribution < -0.4 is 0 Å². The first-order valence-electron chi connectivity index (χ1n) is 12.6. The fourth-order valence-corrected chi connectivity index (χ4v) is 5.85. The molecule has 7 nitrogen and oxygen atoms in total. The molecule has 1 aliphatic heterocycles. The molecule has 1 saturated heterocycles. The van der Waals surface area contributed by atoms with Crippen LogP contribution in [0.1, 0.15) is 79.6 Å². The highest BCUT2D eigenvalue weighted by atomic mass is 16.6. The molecule has 0 aromatic rings. The van der Waals surface area contributed by atoms with Crippen molar-refractivity contribution in [2.24, 2.45) is 29.6 Å². The monoisotopic (exact) mass is 464 g/mol. The van der Waals surface area contributed by atoms with Crippen molar-refractivity contribution < 1.29 is 33.7 Å². The first-order chi connectivity index (χ1) is 15.6. The van der Waals surface area contributed by atoms with E-state index in [0.29, 0.717) is 19.3 Å². The Bertz CT molecular complexity index is 758. The van der Waals surface area contributed by atoms with Crippen LogP contribution in [-0.2, 0) is 28.6 Å². The summed E-state index contributed by atoms with van der Waals surface area (Å²) < 4.78 is 16.9. The van der Waals surface area contributed by atoms with Gasteiger partial charge in [0.05, 0.1) is 18.4 Å². The summed E-state index contributed by atoms with van der Waals surface area (Å²) in [5, 5.41) is 10.9. The van der Waals surface area contributed by atoms with Gasteiger partial charge in [0.25, 0.3) is 0 Å². The molecule has 0 amide bonds. The Morgan fingerprint density at radius 1 is 1.18 bits per heavy atom. The number of allylic oxidation sites excluding steroid dienone is 1. The average molecular weight is 465 g/mol. The molecule has 7 heteroatoms. The zero-order chi connectivity index (χ0) is 24.3. The van der Waals surface area contributed by atoms with Gasteiger partial charge in [0.2, 0.25) is 0 Å². The largest absolute Gasteiger partial charge is 0.462 e. The summed E-state index contributed by atoms with van der Waals surface area (Å²) in [7, 11) is 0. The van der Waals surface area contributed by atoms with Gasteiger partial charge in [-0.3, -0.25) is 14.4 Å². The number of carbonyl (C=O) groups excluding carboxylic acids is 3. The Hall–Kier alpha value is -1.89. The molecule has 186 valence electrons. The van der Waals surface area contributed by atoms with Crippen LogP contribution in [0.25, 0.3) is 0 Å². The van der Waals surface area contributed by atoms with Crippen LogP contribution in [0.15, 0.2) is 11.6 Å². The van der Waals surface area contributed by atoms with E-state index < -0.39 is 12.2 Å². The van der Waals surface area contributed by atoms with Crippen molar-refractivity contribution in [3.63, 3.8) is 0 Å². The zero-order valence-corrected chi connectivity index (χ0v) is 20.6. The van der Waals surface area contributed by atoms with Crippen LogP contribution in [0.5, 0.6) is 0 Å². The van der Waals surface area contributed by atoms with Gasteiger partial charge in [-0.25, -0.2) is 0 Å². The number of carbonyl (C=O) groups is 3. The van der Waals surface area contributed by atoms with Crippen LogP contribution in [0, 0.1) is 29.6 Å². The number of aliphatic hydroxyl groups excluding tert-OH is 1. The van der Waals surface area contributed by atoms with Crippen molar-refractivity contribution in [1.29, 1.82) is 0 Å². The topological polar surface area (TPSA) is 99.1 Å². The van der Waals surface area contributed by atoms with E-state index >= 15 is 0 Å². The summed E-state index contributed by atoms with van der Waals surface area (Å²) >= 11 is 0. The number of esters is 3. The third-order valence-corrected chi connectivity index (χ3v) is 7.69. The molecular weight excluding hydrogens is 424 g/mol. The van der Waals surface area contributed by atoms with Gasteiger partial charge < -0.3 is 19.3 Å². The third-order valence-electron chi connectivity index (χ3n) is 7.69. The Balaban J connectivity index is 1.75. The molecular formula is C26H40O7. The van der Waals surface area contributed by atoms with Crippen molar-refractivity contribution in [3.05, 3.63) is 11.6 Å². The van der Waals surface area contributed by atoms with Crippen LogP contribution in [-0.4, -0.2) is 47.4 Å². The summed E-state index contributed by atoms with van der Waals surface area (Å²) in [6.07, 6.45) is 4.85. The minimum atomic E-state index is -0.519. The molecule has 0 bridgehead atoms. The lowest BCUT2D eigenvalue weighted by Crippen LogP contribution is -2.47. The van der Waals surface area contributed by atoms with E-state index in [0.717, 1.165) is 24.8 Å². The number of rotatable bonds is 7. The van der Waals surface area contributed by atoms with Crippen molar-refractivity contribution in [2.75, 3.05) is 0 Å². The summed E-state index contributed by atoms with van der Waals surface area (Å²) in [6, 6.07) is 0. The molecule has 0 radical (unpaired) electrons. The van der Waals surface area contributed by atoms with Crippen molar-refractivity contribution >= 4 is 17.9 Å². The minimum absolute atomic E-state index is 0.0310. The summed E-state index contributed by atoms with van der Waals surface area (Å²) in [6.45, 7) is 9.46. The molecule has 33 heavy (non-hydrogen) atoms. The molecule has 9 atom stereocenters. The van der Waals surface area contributed by atoms with Gasteiger partial charge in [-0.15, -0.1) is 0 Å². The van der Waals surface area contributed by atoms with Crippen molar-refractivity contribution in [1.82, 2.24) is 0 Å². The molecule has 1 N–H and O–H groups in total. The maximum absolute atomic E-state index is 12.7. The lowest BCUT2D eigenvalue weighted by Gasteiger charge is -2.47. The van der Waals surface area contributed by atoms with Crippen LogP contribution >= 0.6 is 0 Å². The smallest absolute Gasteiger partial charge is 0.309 e. The fourth-order valence-electron chi connectivity index (χ4n) is 5.85. The van der Waals surface area contributed by atoms with Gasteiger partial charge in [-0.1, -0.05) is 33.8 Å². The highest BCUT2D eigenvalue weighted by molar-refractivity contribution is 5.73. The Labute approximate surface area is 197 Å². The second-order valence-electron chi connectivity index (χ2n) is 10.4. The standard InChI is InChI=1S/C26H40O7/c1-6-15(3)26(30)33-23-10-14(2)9-21-22(28)11-16(4)20(25(21)23)8-7-18-12-19(31-17(5)27)13-24(29)32-18/h9,14-16,18-20,22-23,25,28H,6-8,10-13H2,1-5H3/t14-,15?,16-,18+,19+,20-,22?,23-,25+/m0/s1. The van der Waals surface area contributed by atoms with Gasteiger partial charge in [-0.2, -0.15) is 0 Å². The number of ether oxygens (including phenoxy) is 3. The maximum Gasteiger partial charge on any atom is 0.309 e. The summed E-state index contributed by atoms with van der Waals surface area (Å²) in [5.41, 5.74) is 0.997. The second kappa shape index (κ2) is 11.0. The molecule has 2 unspecified atom stereocenters. The van der Waals surface area contributed by atoms with Gasteiger partial charge in [-0.05, 0) is 55.4 Å². The molecule has 0 aromatic carbocycles. The molecule has 0 aromatic heterocycles. The van der Waals surface area contributed by atoms with E-state index in [4.69, 9.17) is 14.2 Å². The minimum Gasteiger partial charge on any atom is -0.462 e. The SMILES string of the molecule is CCC(C)C(=O)O[C@H]1C[C@@H](C)C=C2C(O)C[C@H](C)[C@H](CC[C@@H]3C[C@@H](OC(C)=O)CC(=O)O3)[C@H]21. The lowest BCUT2D eigenvalue weighted by atomic mass is 9.61. The van der Waals surface area contributed by atoms with Gasteiger partial charge in [0.1, 0.15) is 18.3 Å². The number of cyclic esters (lactones) is 1. The normalized spacial score (nSPS) is 37.3. The fraction of sp³-hybridized carbons (Fsp3) is 0.808. The number of hydrogen-bond donors (Lipinski definition) is 1. The van der Waals surface area contributed by atoms with Gasteiger partial charge in [0.15, 0.2) is 0 Å². The maximum atomic E-state index is 12.7. The van der Waals surface area contributed by atoms with E-state index in [9.17, 15) is 19.5 Å². The van der Waals surface area contributed by atoms with Crippen LogP contribution in [0.2, 0.25) is 0 Å². The Kier molecular flexibility index (Phi) is 8.59. The molecule has 3 rings (SSSR count). The molecule has 2 aliphatic carbocycles. The quantitative estimate of drug-likeness (QED) is 0.346. The first-order valence-corrected chi connectivity index (χ1v) is 12.6. The van der Waals surface area contributed by atoms with E-state index in [2.05, 4.69) is 19.9 Å². The summed E-state index contributed by atoms with van der Waals surface area (Å²) in [5.74, 6) is -0.405. The molecule has 3 aliphatic rings. The Morgan fingerprint density at radius 3 is 2.58 bits per heavy atom. The van der Waals surface area contributed by atoms with E-state index in [1.807, 2.05) is 13.8 Å². The van der Waals surface area contributed by atoms with Crippen molar-refractivity contribution in [3.8, 4) is 0 Å². The lowest BCUT2D eigenvalue weighted by molar-refractivity contribution is -0.169. The van der Waals surface area contributed by atoms with E-state index in [-0.39, 0.29) is 66.1 Å². The number of aliphatic hydroxyl groups is 1. The highest BCUT2D eigenvalue weighted by Gasteiger charge is 2.46. The zero-order valence-electron chi connectivity index (χ0n) is 20.6. The van der Waals surface area contributed by atoms with Crippen molar-refractivity contribution in [2.45, 2.75) is 104 Å². The first kappa shape index (κ1) is 25.7. The second-order valence-corrected chi connectivity index (χ2v) is 10.4. The molecule has 1 heterocycles. The predicted octanol–water partition coefficient (Wildman–Crippen LogP) is 3.96. The average Bonchev–Trinajstić information content (AvgIpc) is 2.72. The molecule has 1 saturated carbocycles. The predicted molar refractivity (Wildman–Crippen MR) is 122 cm³/mol. The highest BCUT2D eigenvalue weighted by Crippen LogP contribution is 2.48.